The second-order valence-electron chi connectivity index (χ2n) is 7.39. The summed E-state index contributed by atoms with van der Waals surface area (Å²) in [5, 5.41) is 10.1. The van der Waals surface area contributed by atoms with E-state index in [1.165, 1.54) is 5.56 Å². The minimum atomic E-state index is 0.135. The minimum Gasteiger partial charge on any atom is -0.493 e. The van der Waals surface area contributed by atoms with E-state index in [4.69, 9.17) is 9.47 Å². The number of benzene rings is 1. The minimum absolute atomic E-state index is 0.135. The van der Waals surface area contributed by atoms with Gasteiger partial charge in [0.15, 0.2) is 17.5 Å². The van der Waals surface area contributed by atoms with Gasteiger partial charge in [0, 0.05) is 31.7 Å². The van der Waals surface area contributed by atoms with Crippen LogP contribution >= 0.6 is 0 Å². The summed E-state index contributed by atoms with van der Waals surface area (Å²) in [6.07, 6.45) is 1.94. The fourth-order valence-corrected chi connectivity index (χ4v) is 2.58. The Morgan fingerprint density at radius 2 is 1.85 bits per heavy atom. The van der Waals surface area contributed by atoms with Crippen molar-refractivity contribution in [3.63, 3.8) is 0 Å². The molecule has 0 aliphatic carbocycles. The van der Waals surface area contributed by atoms with Gasteiger partial charge in [-0.1, -0.05) is 6.07 Å². The molecule has 154 valence electrons. The number of hydrogen-bond donors (Lipinski definition) is 3. The Labute approximate surface area is 165 Å². The summed E-state index contributed by atoms with van der Waals surface area (Å²) in [5.74, 6) is 2.46. The first-order valence-electron chi connectivity index (χ1n) is 9.96. The lowest BCUT2D eigenvalue weighted by Crippen LogP contribution is -2.44. The Kier molecular flexibility index (Phi) is 10.6. The average Bonchev–Trinajstić information content (AvgIpc) is 2.62. The summed E-state index contributed by atoms with van der Waals surface area (Å²) in [7, 11) is 1.67. The number of guanidine groups is 1. The van der Waals surface area contributed by atoms with Crippen LogP contribution in [0.15, 0.2) is 23.2 Å². The highest BCUT2D eigenvalue weighted by atomic mass is 16.5. The number of hydrogen-bond acceptors (Lipinski definition) is 4. The van der Waals surface area contributed by atoms with Gasteiger partial charge in [-0.25, -0.2) is 0 Å². The van der Waals surface area contributed by atoms with Crippen molar-refractivity contribution in [2.75, 3.05) is 39.9 Å². The van der Waals surface area contributed by atoms with E-state index in [1.807, 2.05) is 13.0 Å². The number of methoxy groups -OCH3 is 1. The molecule has 1 rings (SSSR count). The van der Waals surface area contributed by atoms with Crippen molar-refractivity contribution in [3.05, 3.63) is 23.8 Å². The van der Waals surface area contributed by atoms with Crippen LogP contribution in [0, 0.1) is 0 Å². The Bertz CT molecular complexity index is 568. The summed E-state index contributed by atoms with van der Waals surface area (Å²) in [6, 6.07) is 6.12. The maximum atomic E-state index is 5.65. The molecule has 0 atom stereocenters. The lowest BCUT2D eigenvalue weighted by Gasteiger charge is -2.21. The molecule has 1 aromatic rings. The molecule has 0 fully saturated rings. The van der Waals surface area contributed by atoms with E-state index in [9.17, 15) is 0 Å². The maximum Gasteiger partial charge on any atom is 0.191 e. The Balaban J connectivity index is 2.46. The van der Waals surface area contributed by atoms with E-state index in [-0.39, 0.29) is 5.54 Å². The summed E-state index contributed by atoms with van der Waals surface area (Å²) in [5.41, 5.74) is 1.37. The molecule has 1 aromatic carbocycles. The van der Waals surface area contributed by atoms with Gasteiger partial charge < -0.3 is 25.4 Å². The van der Waals surface area contributed by atoms with Gasteiger partial charge in [0.2, 0.25) is 0 Å². The predicted octanol–water partition coefficient (Wildman–Crippen LogP) is 2.97. The highest BCUT2D eigenvalue weighted by molar-refractivity contribution is 5.79. The number of rotatable bonds is 11. The van der Waals surface area contributed by atoms with Gasteiger partial charge in [-0.05, 0) is 65.2 Å². The Morgan fingerprint density at radius 3 is 2.48 bits per heavy atom. The highest BCUT2D eigenvalue weighted by Crippen LogP contribution is 2.28. The lowest BCUT2D eigenvalue weighted by atomic mass is 10.1. The number of nitrogens with zero attached hydrogens (tertiary/aromatic N) is 1. The van der Waals surface area contributed by atoms with Crippen molar-refractivity contribution < 1.29 is 9.47 Å². The Morgan fingerprint density at radius 1 is 1.07 bits per heavy atom. The molecule has 0 aliphatic heterocycles. The van der Waals surface area contributed by atoms with Crippen LogP contribution in [-0.2, 0) is 6.42 Å². The van der Waals surface area contributed by atoms with Crippen molar-refractivity contribution in [1.29, 1.82) is 0 Å². The predicted molar refractivity (Wildman–Crippen MR) is 114 cm³/mol. The average molecular weight is 379 g/mol. The summed E-state index contributed by atoms with van der Waals surface area (Å²) >= 11 is 0. The SMILES string of the molecule is CCNC(=NCCCc1ccc(OC)c(OCC)c1)NCCNC(C)(C)C. The van der Waals surface area contributed by atoms with Crippen LogP contribution < -0.4 is 25.4 Å². The van der Waals surface area contributed by atoms with E-state index in [1.54, 1.807) is 7.11 Å². The van der Waals surface area contributed by atoms with Crippen LogP contribution in [-0.4, -0.2) is 51.4 Å². The first-order chi connectivity index (χ1) is 12.9. The second-order valence-corrected chi connectivity index (χ2v) is 7.39. The fraction of sp³-hybridized carbons (Fsp3) is 0.667. The third-order valence-corrected chi connectivity index (χ3v) is 3.84. The van der Waals surface area contributed by atoms with Crippen molar-refractivity contribution in [2.24, 2.45) is 4.99 Å². The van der Waals surface area contributed by atoms with Crippen molar-refractivity contribution >= 4 is 5.96 Å². The van der Waals surface area contributed by atoms with E-state index >= 15 is 0 Å². The monoisotopic (exact) mass is 378 g/mol. The van der Waals surface area contributed by atoms with Gasteiger partial charge in [0.05, 0.1) is 13.7 Å². The topological polar surface area (TPSA) is 66.9 Å². The smallest absolute Gasteiger partial charge is 0.191 e. The second kappa shape index (κ2) is 12.4. The first kappa shape index (κ1) is 23.1. The molecule has 6 heteroatoms. The molecule has 27 heavy (non-hydrogen) atoms. The molecule has 6 nitrogen and oxygen atoms in total. The number of nitrogens with one attached hydrogen (secondary N) is 3. The van der Waals surface area contributed by atoms with Crippen LogP contribution in [0.1, 0.15) is 46.6 Å². The van der Waals surface area contributed by atoms with E-state index in [0.29, 0.717) is 6.61 Å². The maximum absolute atomic E-state index is 5.65. The standard InChI is InChI=1S/C21H38N4O2/c1-7-22-20(24-14-15-25-21(3,4)5)23-13-9-10-17-11-12-18(26-6)19(16-17)27-8-2/h11-12,16,25H,7-10,13-15H2,1-6H3,(H2,22,23,24). The largest absolute Gasteiger partial charge is 0.493 e. The van der Waals surface area contributed by atoms with E-state index in [0.717, 1.165) is 56.5 Å². The number of aryl methyl sites for hydroxylation is 1. The molecule has 0 aliphatic rings. The Hall–Kier alpha value is -1.95. The number of aliphatic imine (C=N–C) groups is 1. The molecule has 0 heterocycles. The van der Waals surface area contributed by atoms with Crippen molar-refractivity contribution in [1.82, 2.24) is 16.0 Å². The van der Waals surface area contributed by atoms with Gasteiger partial charge >= 0.3 is 0 Å². The van der Waals surface area contributed by atoms with Crippen molar-refractivity contribution in [2.45, 2.75) is 53.0 Å². The fourth-order valence-electron chi connectivity index (χ4n) is 2.58. The molecule has 0 amide bonds. The lowest BCUT2D eigenvalue weighted by molar-refractivity contribution is 0.310. The zero-order valence-electron chi connectivity index (χ0n) is 17.9. The van der Waals surface area contributed by atoms with Gasteiger partial charge in [-0.15, -0.1) is 0 Å². The first-order valence-corrected chi connectivity index (χ1v) is 9.96. The summed E-state index contributed by atoms with van der Waals surface area (Å²) in [6.45, 7) is 14.6. The third-order valence-electron chi connectivity index (χ3n) is 3.84. The van der Waals surface area contributed by atoms with Crippen LogP contribution in [0.5, 0.6) is 11.5 Å². The molecular weight excluding hydrogens is 340 g/mol. The van der Waals surface area contributed by atoms with Gasteiger partial charge in [-0.3, -0.25) is 4.99 Å². The summed E-state index contributed by atoms with van der Waals surface area (Å²) < 4.78 is 11.0. The van der Waals surface area contributed by atoms with Crippen LogP contribution in [0.4, 0.5) is 0 Å². The number of ether oxygens (including phenoxy) is 2. The molecule has 3 N–H and O–H groups in total. The zero-order valence-corrected chi connectivity index (χ0v) is 17.9. The van der Waals surface area contributed by atoms with E-state index < -0.39 is 0 Å². The highest BCUT2D eigenvalue weighted by Gasteiger charge is 2.08. The normalized spacial score (nSPS) is 12.0. The van der Waals surface area contributed by atoms with Gasteiger partial charge in [0.1, 0.15) is 0 Å². The molecular formula is C21H38N4O2. The van der Waals surface area contributed by atoms with Crippen LogP contribution in [0.25, 0.3) is 0 Å². The molecule has 0 bridgehead atoms. The van der Waals surface area contributed by atoms with Crippen LogP contribution in [0.3, 0.4) is 0 Å². The molecule has 0 saturated carbocycles. The quantitative estimate of drug-likeness (QED) is 0.314. The molecule has 0 saturated heterocycles. The third kappa shape index (κ3) is 10.1. The zero-order chi connectivity index (χ0) is 20.1. The summed E-state index contributed by atoms with van der Waals surface area (Å²) in [4.78, 5) is 4.67. The van der Waals surface area contributed by atoms with Gasteiger partial charge in [0.25, 0.3) is 0 Å². The van der Waals surface area contributed by atoms with Gasteiger partial charge in [-0.2, -0.15) is 0 Å². The molecule has 0 aromatic heterocycles. The van der Waals surface area contributed by atoms with Crippen molar-refractivity contribution in [3.8, 4) is 11.5 Å². The molecule has 0 unspecified atom stereocenters. The molecule has 0 radical (unpaired) electrons. The molecule has 0 spiro atoms. The van der Waals surface area contributed by atoms with E-state index in [2.05, 4.69) is 60.8 Å². The van der Waals surface area contributed by atoms with Crippen LogP contribution in [0.2, 0.25) is 0 Å².